The summed E-state index contributed by atoms with van der Waals surface area (Å²) in [7, 11) is 0. The van der Waals surface area contributed by atoms with E-state index >= 15 is 0 Å². The van der Waals surface area contributed by atoms with Crippen LogP contribution in [0.5, 0.6) is 11.5 Å². The van der Waals surface area contributed by atoms with Gasteiger partial charge in [0, 0.05) is 5.92 Å². The van der Waals surface area contributed by atoms with E-state index in [2.05, 4.69) is 10.1 Å². The first-order valence-corrected chi connectivity index (χ1v) is 11.2. The van der Waals surface area contributed by atoms with Gasteiger partial charge in [0.25, 0.3) is 5.91 Å². The van der Waals surface area contributed by atoms with E-state index < -0.39 is 5.91 Å². The van der Waals surface area contributed by atoms with Crippen LogP contribution in [0.4, 0.5) is 0 Å². The van der Waals surface area contributed by atoms with Crippen molar-refractivity contribution in [2.45, 2.75) is 20.8 Å². The Labute approximate surface area is 191 Å². The SMILES string of the molecule is Cc1ccccc1OCCOc1cccc(C=C2C(=N)N3N=C(C(C)C)SC3=NC2=O)c1. The van der Waals surface area contributed by atoms with Crippen molar-refractivity contribution < 1.29 is 14.3 Å². The number of para-hydroxylation sites is 1. The van der Waals surface area contributed by atoms with Crippen LogP contribution in [-0.4, -0.2) is 40.2 Å². The molecular weight excluding hydrogens is 424 g/mol. The normalized spacial score (nSPS) is 16.9. The molecule has 2 aromatic carbocycles. The quantitative estimate of drug-likeness (QED) is 0.489. The van der Waals surface area contributed by atoms with Crippen LogP contribution < -0.4 is 9.47 Å². The number of hydrazone groups is 1. The van der Waals surface area contributed by atoms with Gasteiger partial charge in [-0.1, -0.05) is 44.2 Å². The van der Waals surface area contributed by atoms with Crippen LogP contribution in [0.15, 0.2) is 64.2 Å². The number of ether oxygens (including phenoxy) is 2. The first-order valence-electron chi connectivity index (χ1n) is 10.3. The summed E-state index contributed by atoms with van der Waals surface area (Å²) in [6, 6.07) is 15.2. The average molecular weight is 449 g/mol. The van der Waals surface area contributed by atoms with Gasteiger partial charge in [0.1, 0.15) is 29.8 Å². The highest BCUT2D eigenvalue weighted by molar-refractivity contribution is 8.27. The average Bonchev–Trinajstić information content (AvgIpc) is 3.20. The molecule has 2 aliphatic heterocycles. The van der Waals surface area contributed by atoms with E-state index in [1.807, 2.05) is 69.3 Å². The van der Waals surface area contributed by atoms with E-state index in [0.717, 1.165) is 21.9 Å². The standard InChI is InChI=1S/C24H24N4O3S/c1-15(2)23-27-28-21(25)19(22(29)26-24(28)32-23)14-17-8-6-9-18(13-17)30-11-12-31-20-10-5-4-7-16(20)3/h4-10,13-15,25H,11-12H2,1-3H3. The molecule has 2 heterocycles. The first kappa shape index (κ1) is 21.8. The number of rotatable bonds is 7. The van der Waals surface area contributed by atoms with Crippen molar-refractivity contribution in [3.8, 4) is 11.5 Å². The van der Waals surface area contributed by atoms with Gasteiger partial charge >= 0.3 is 0 Å². The third kappa shape index (κ3) is 4.75. The number of aliphatic imine (C=N–C) groups is 1. The van der Waals surface area contributed by atoms with Crippen LogP contribution in [-0.2, 0) is 4.79 Å². The molecule has 1 N–H and O–H groups in total. The number of aryl methyl sites for hydroxylation is 1. The lowest BCUT2D eigenvalue weighted by Gasteiger charge is -2.20. The number of thioether (sulfide) groups is 1. The lowest BCUT2D eigenvalue weighted by atomic mass is 10.1. The van der Waals surface area contributed by atoms with Gasteiger partial charge in [-0.05, 0) is 54.1 Å². The maximum Gasteiger partial charge on any atom is 0.283 e. The second kappa shape index (κ2) is 9.40. The number of carbonyl (C=O) groups is 1. The third-order valence-electron chi connectivity index (χ3n) is 4.84. The fourth-order valence-corrected chi connectivity index (χ4v) is 4.02. The van der Waals surface area contributed by atoms with Crippen molar-refractivity contribution in [2.75, 3.05) is 13.2 Å². The molecule has 32 heavy (non-hydrogen) atoms. The number of carbonyl (C=O) groups excluding carboxylic acids is 1. The second-order valence-corrected chi connectivity index (χ2v) is 8.64. The Balaban J connectivity index is 1.42. The minimum absolute atomic E-state index is 0.0288. The monoisotopic (exact) mass is 448 g/mol. The van der Waals surface area contributed by atoms with E-state index in [-0.39, 0.29) is 17.3 Å². The fraction of sp³-hybridized carbons (Fsp3) is 0.250. The molecule has 8 heteroatoms. The maximum atomic E-state index is 12.6. The minimum Gasteiger partial charge on any atom is -0.490 e. The molecule has 0 bridgehead atoms. The molecule has 0 aromatic heterocycles. The van der Waals surface area contributed by atoms with Crippen molar-refractivity contribution in [3.63, 3.8) is 0 Å². The van der Waals surface area contributed by atoms with Crippen LogP contribution in [0.3, 0.4) is 0 Å². The molecule has 0 unspecified atom stereocenters. The molecule has 2 aliphatic rings. The van der Waals surface area contributed by atoms with Crippen LogP contribution in [0.2, 0.25) is 0 Å². The Morgan fingerprint density at radius 2 is 1.91 bits per heavy atom. The van der Waals surface area contributed by atoms with Crippen LogP contribution in [0.1, 0.15) is 25.0 Å². The predicted octanol–water partition coefficient (Wildman–Crippen LogP) is 4.73. The molecule has 0 spiro atoms. The molecule has 0 saturated carbocycles. The second-order valence-electron chi connectivity index (χ2n) is 7.65. The maximum absolute atomic E-state index is 12.6. The minimum atomic E-state index is -0.438. The number of nitrogens with zero attached hydrogens (tertiary/aromatic N) is 3. The molecule has 0 saturated heterocycles. The van der Waals surface area contributed by atoms with E-state index in [0.29, 0.717) is 24.1 Å². The summed E-state index contributed by atoms with van der Waals surface area (Å²) in [6.45, 7) is 6.84. The number of benzene rings is 2. The Kier molecular flexibility index (Phi) is 6.41. The van der Waals surface area contributed by atoms with Gasteiger partial charge in [0.2, 0.25) is 5.17 Å². The van der Waals surface area contributed by atoms with Crippen molar-refractivity contribution in [3.05, 3.63) is 65.2 Å². The summed E-state index contributed by atoms with van der Waals surface area (Å²) in [5.41, 5.74) is 2.02. The third-order valence-corrected chi connectivity index (χ3v) is 6.05. The molecule has 4 rings (SSSR count). The number of hydrogen-bond donors (Lipinski definition) is 1. The number of fused-ring (bicyclic) bond motifs is 1. The molecule has 0 fully saturated rings. The first-order chi connectivity index (χ1) is 15.4. The van der Waals surface area contributed by atoms with Crippen molar-refractivity contribution in [1.29, 1.82) is 5.41 Å². The summed E-state index contributed by atoms with van der Waals surface area (Å²) in [6.07, 6.45) is 1.65. The largest absolute Gasteiger partial charge is 0.490 e. The number of nitrogens with one attached hydrogen (secondary N) is 1. The zero-order valence-electron chi connectivity index (χ0n) is 18.2. The van der Waals surface area contributed by atoms with Gasteiger partial charge in [-0.2, -0.15) is 15.1 Å². The molecule has 164 valence electrons. The van der Waals surface area contributed by atoms with E-state index in [1.165, 1.54) is 16.8 Å². The predicted molar refractivity (Wildman–Crippen MR) is 128 cm³/mol. The molecule has 0 radical (unpaired) electrons. The summed E-state index contributed by atoms with van der Waals surface area (Å²) in [4.78, 5) is 16.7. The number of amidine groups is 2. The van der Waals surface area contributed by atoms with Crippen molar-refractivity contribution in [1.82, 2.24) is 5.01 Å². The fourth-order valence-electron chi connectivity index (χ4n) is 3.13. The smallest absolute Gasteiger partial charge is 0.283 e. The van der Waals surface area contributed by atoms with Crippen molar-refractivity contribution in [2.24, 2.45) is 16.0 Å². The highest BCUT2D eigenvalue weighted by Gasteiger charge is 2.36. The molecule has 1 amide bonds. The number of hydrogen-bond acceptors (Lipinski definition) is 6. The zero-order valence-corrected chi connectivity index (χ0v) is 19.0. The van der Waals surface area contributed by atoms with E-state index in [4.69, 9.17) is 14.9 Å². The summed E-state index contributed by atoms with van der Waals surface area (Å²) < 4.78 is 11.6. The van der Waals surface area contributed by atoms with Crippen molar-refractivity contribution >= 4 is 39.8 Å². The zero-order chi connectivity index (χ0) is 22.7. The van der Waals surface area contributed by atoms with Gasteiger partial charge in [0.15, 0.2) is 5.84 Å². The van der Waals surface area contributed by atoms with E-state index in [1.54, 1.807) is 6.08 Å². The van der Waals surface area contributed by atoms with Crippen LogP contribution in [0, 0.1) is 18.3 Å². The highest BCUT2D eigenvalue weighted by atomic mass is 32.2. The summed E-state index contributed by atoms with van der Waals surface area (Å²) >= 11 is 1.34. The summed E-state index contributed by atoms with van der Waals surface area (Å²) in [5, 5.41) is 15.6. The molecule has 7 nitrogen and oxygen atoms in total. The van der Waals surface area contributed by atoms with E-state index in [9.17, 15) is 4.79 Å². The van der Waals surface area contributed by atoms with Gasteiger partial charge in [-0.3, -0.25) is 10.2 Å². The van der Waals surface area contributed by atoms with Gasteiger partial charge in [-0.25, -0.2) is 0 Å². The Hall–Kier alpha value is -3.39. The Bertz CT molecular complexity index is 1150. The Morgan fingerprint density at radius 1 is 1.12 bits per heavy atom. The number of amides is 1. The van der Waals surface area contributed by atoms with Crippen LogP contribution in [0.25, 0.3) is 6.08 Å². The van der Waals surface area contributed by atoms with Gasteiger partial charge < -0.3 is 9.47 Å². The molecular formula is C24H24N4O3S. The van der Waals surface area contributed by atoms with Gasteiger partial charge in [0.05, 0.1) is 5.57 Å². The summed E-state index contributed by atoms with van der Waals surface area (Å²) in [5.74, 6) is 1.29. The topological polar surface area (TPSA) is 87.3 Å². The lowest BCUT2D eigenvalue weighted by Crippen LogP contribution is -2.35. The molecule has 2 aromatic rings. The van der Waals surface area contributed by atoms with Crippen LogP contribution >= 0.6 is 11.8 Å². The molecule has 0 atom stereocenters. The molecule has 0 aliphatic carbocycles. The highest BCUT2D eigenvalue weighted by Crippen LogP contribution is 2.31. The van der Waals surface area contributed by atoms with Gasteiger partial charge in [-0.15, -0.1) is 0 Å². The Morgan fingerprint density at radius 3 is 2.69 bits per heavy atom. The lowest BCUT2D eigenvalue weighted by molar-refractivity contribution is -0.114.